The van der Waals surface area contributed by atoms with E-state index < -0.39 is 10.0 Å². The van der Waals surface area contributed by atoms with Crippen LogP contribution < -0.4 is 0 Å². The molecule has 102 valence electrons. The summed E-state index contributed by atoms with van der Waals surface area (Å²) >= 11 is 3.34. The predicted molar refractivity (Wildman–Crippen MR) is 78.3 cm³/mol. The van der Waals surface area contributed by atoms with E-state index in [1.165, 1.54) is 4.31 Å². The second kappa shape index (κ2) is 6.68. The molecule has 3 nitrogen and oxygen atoms in total. The topological polar surface area (TPSA) is 37.4 Å². The third kappa shape index (κ3) is 3.80. The second-order valence-corrected chi connectivity index (χ2v) is 7.18. The van der Waals surface area contributed by atoms with Crippen LogP contribution in [-0.4, -0.2) is 26.3 Å². The maximum Gasteiger partial charge on any atom is 0.242 e. The van der Waals surface area contributed by atoms with Crippen molar-refractivity contribution in [2.45, 2.75) is 30.5 Å². The van der Waals surface area contributed by atoms with E-state index in [4.69, 9.17) is 0 Å². The molecule has 1 aromatic rings. The van der Waals surface area contributed by atoms with Gasteiger partial charge in [0.15, 0.2) is 0 Å². The molecule has 0 aliphatic rings. The van der Waals surface area contributed by atoms with Gasteiger partial charge in [-0.05, 0) is 23.6 Å². The van der Waals surface area contributed by atoms with Crippen molar-refractivity contribution in [2.24, 2.45) is 5.92 Å². The molecule has 0 aliphatic carbocycles. The Kier molecular flexibility index (Phi) is 5.82. The molecule has 18 heavy (non-hydrogen) atoms. The summed E-state index contributed by atoms with van der Waals surface area (Å²) < 4.78 is 26.0. The number of hydrogen-bond acceptors (Lipinski definition) is 2. The van der Waals surface area contributed by atoms with Crippen LogP contribution in [0.4, 0.5) is 0 Å². The van der Waals surface area contributed by atoms with Gasteiger partial charge in [-0.25, -0.2) is 12.7 Å². The summed E-state index contributed by atoms with van der Waals surface area (Å²) in [6, 6.07) is 7.00. The van der Waals surface area contributed by atoms with Gasteiger partial charge in [0.05, 0.1) is 4.90 Å². The van der Waals surface area contributed by atoms with Crippen LogP contribution in [0.2, 0.25) is 0 Å². The van der Waals surface area contributed by atoms with Crippen molar-refractivity contribution in [3.8, 4) is 0 Å². The van der Waals surface area contributed by atoms with E-state index in [0.717, 1.165) is 17.3 Å². The Hall–Kier alpha value is -0.390. The van der Waals surface area contributed by atoms with Crippen LogP contribution in [0.15, 0.2) is 29.2 Å². The SMILES string of the molecule is CCC(C)CN(C)S(=O)(=O)c1ccc(CBr)cc1. The molecule has 0 aliphatic heterocycles. The fourth-order valence-electron chi connectivity index (χ4n) is 1.60. The third-order valence-corrected chi connectivity index (χ3v) is 5.54. The van der Waals surface area contributed by atoms with E-state index in [2.05, 4.69) is 29.8 Å². The molecular weight excluding hydrogens is 314 g/mol. The molecular formula is C13H20BrNO2S. The first kappa shape index (κ1) is 15.7. The van der Waals surface area contributed by atoms with Gasteiger partial charge in [0, 0.05) is 18.9 Å². The molecule has 0 heterocycles. The van der Waals surface area contributed by atoms with Crippen molar-refractivity contribution in [3.63, 3.8) is 0 Å². The second-order valence-electron chi connectivity index (χ2n) is 4.58. The Morgan fingerprint density at radius 2 is 1.83 bits per heavy atom. The van der Waals surface area contributed by atoms with Gasteiger partial charge < -0.3 is 0 Å². The molecule has 5 heteroatoms. The van der Waals surface area contributed by atoms with Crippen LogP contribution in [0.1, 0.15) is 25.8 Å². The summed E-state index contributed by atoms with van der Waals surface area (Å²) in [4.78, 5) is 0.359. The third-order valence-electron chi connectivity index (χ3n) is 3.05. The van der Waals surface area contributed by atoms with Crippen LogP contribution in [0, 0.1) is 5.92 Å². The number of rotatable bonds is 6. The zero-order valence-electron chi connectivity index (χ0n) is 11.1. The van der Waals surface area contributed by atoms with E-state index in [9.17, 15) is 8.42 Å². The maximum absolute atomic E-state index is 12.3. The molecule has 0 saturated heterocycles. The normalized spacial score (nSPS) is 13.8. The molecule has 1 atom stereocenters. The van der Waals surface area contributed by atoms with Crippen LogP contribution in [-0.2, 0) is 15.4 Å². The molecule has 0 amide bonds. The van der Waals surface area contributed by atoms with Gasteiger partial charge in [-0.3, -0.25) is 0 Å². The fraction of sp³-hybridized carbons (Fsp3) is 0.538. The Bertz CT molecular complexity index is 470. The van der Waals surface area contributed by atoms with Crippen LogP contribution in [0.3, 0.4) is 0 Å². The minimum atomic E-state index is -3.35. The average Bonchev–Trinajstić information content (AvgIpc) is 2.38. The maximum atomic E-state index is 12.3. The molecule has 0 N–H and O–H groups in total. The number of alkyl halides is 1. The summed E-state index contributed by atoms with van der Waals surface area (Å²) in [5, 5.41) is 0.732. The molecule has 1 rings (SSSR count). The minimum Gasteiger partial charge on any atom is -0.207 e. The van der Waals surface area contributed by atoms with Crippen molar-refractivity contribution in [3.05, 3.63) is 29.8 Å². The van der Waals surface area contributed by atoms with Crippen LogP contribution >= 0.6 is 15.9 Å². The fourth-order valence-corrected chi connectivity index (χ4v) is 3.26. The average molecular weight is 334 g/mol. The van der Waals surface area contributed by atoms with Gasteiger partial charge in [-0.1, -0.05) is 48.3 Å². The Morgan fingerprint density at radius 1 is 1.28 bits per heavy atom. The molecule has 1 unspecified atom stereocenters. The number of hydrogen-bond donors (Lipinski definition) is 0. The first-order valence-corrected chi connectivity index (χ1v) is 8.59. The minimum absolute atomic E-state index is 0.359. The summed E-state index contributed by atoms with van der Waals surface area (Å²) in [7, 11) is -1.71. The van der Waals surface area contributed by atoms with E-state index in [1.54, 1.807) is 19.2 Å². The molecule has 0 radical (unpaired) electrons. The zero-order chi connectivity index (χ0) is 13.8. The van der Waals surface area contributed by atoms with Gasteiger partial charge in [-0.15, -0.1) is 0 Å². The van der Waals surface area contributed by atoms with Crippen molar-refractivity contribution < 1.29 is 8.42 Å². The Labute approximate surface area is 118 Å². The van der Waals surface area contributed by atoms with E-state index in [0.29, 0.717) is 17.4 Å². The van der Waals surface area contributed by atoms with Gasteiger partial charge in [0.1, 0.15) is 0 Å². The summed E-state index contributed by atoms with van der Waals surface area (Å²) in [6.45, 7) is 4.68. The summed E-state index contributed by atoms with van der Waals surface area (Å²) in [5.41, 5.74) is 1.07. The zero-order valence-corrected chi connectivity index (χ0v) is 13.5. The first-order valence-electron chi connectivity index (χ1n) is 6.03. The summed E-state index contributed by atoms with van der Waals surface area (Å²) in [5.74, 6) is 0.367. The molecule has 0 saturated carbocycles. The Morgan fingerprint density at radius 3 is 2.28 bits per heavy atom. The lowest BCUT2D eigenvalue weighted by Gasteiger charge is -2.20. The van der Waals surface area contributed by atoms with E-state index in [1.807, 2.05) is 12.1 Å². The Balaban J connectivity index is 2.90. The van der Waals surface area contributed by atoms with Crippen molar-refractivity contribution >= 4 is 26.0 Å². The van der Waals surface area contributed by atoms with Gasteiger partial charge in [0.25, 0.3) is 0 Å². The number of nitrogens with zero attached hydrogens (tertiary/aromatic N) is 1. The lowest BCUT2D eigenvalue weighted by Crippen LogP contribution is -2.31. The number of benzene rings is 1. The highest BCUT2D eigenvalue weighted by atomic mass is 79.9. The van der Waals surface area contributed by atoms with Gasteiger partial charge in [-0.2, -0.15) is 0 Å². The highest BCUT2D eigenvalue weighted by Crippen LogP contribution is 2.18. The molecule has 0 bridgehead atoms. The molecule has 0 aromatic heterocycles. The predicted octanol–water partition coefficient (Wildman–Crippen LogP) is 3.25. The lowest BCUT2D eigenvalue weighted by molar-refractivity contribution is 0.393. The quantitative estimate of drug-likeness (QED) is 0.749. The molecule has 0 spiro atoms. The number of sulfonamides is 1. The first-order chi connectivity index (χ1) is 8.41. The molecule has 1 aromatic carbocycles. The van der Waals surface area contributed by atoms with Crippen molar-refractivity contribution in [1.82, 2.24) is 4.31 Å². The largest absolute Gasteiger partial charge is 0.242 e. The summed E-state index contributed by atoms with van der Waals surface area (Å²) in [6.07, 6.45) is 0.975. The van der Waals surface area contributed by atoms with Crippen LogP contribution in [0.25, 0.3) is 0 Å². The smallest absolute Gasteiger partial charge is 0.207 e. The van der Waals surface area contributed by atoms with E-state index in [-0.39, 0.29) is 0 Å². The van der Waals surface area contributed by atoms with Gasteiger partial charge in [0.2, 0.25) is 10.0 Å². The standard InChI is InChI=1S/C13H20BrNO2S/c1-4-11(2)10-15(3)18(16,17)13-7-5-12(9-14)6-8-13/h5-8,11H,4,9-10H2,1-3H3. The van der Waals surface area contributed by atoms with E-state index >= 15 is 0 Å². The lowest BCUT2D eigenvalue weighted by atomic mass is 10.1. The molecule has 0 fully saturated rings. The van der Waals surface area contributed by atoms with Crippen molar-refractivity contribution in [1.29, 1.82) is 0 Å². The van der Waals surface area contributed by atoms with Gasteiger partial charge >= 0.3 is 0 Å². The number of halogens is 1. The van der Waals surface area contributed by atoms with Crippen LogP contribution in [0.5, 0.6) is 0 Å². The highest BCUT2D eigenvalue weighted by Gasteiger charge is 2.21. The monoisotopic (exact) mass is 333 g/mol. The highest BCUT2D eigenvalue weighted by molar-refractivity contribution is 9.08. The van der Waals surface area contributed by atoms with Crippen molar-refractivity contribution in [2.75, 3.05) is 13.6 Å².